The molecule has 0 fully saturated rings. The molecule has 0 aliphatic carbocycles. The third kappa shape index (κ3) is 3.71. The molecule has 0 bridgehead atoms. The van der Waals surface area contributed by atoms with Crippen molar-refractivity contribution in [3.63, 3.8) is 0 Å². The van der Waals surface area contributed by atoms with E-state index < -0.39 is 0 Å². The van der Waals surface area contributed by atoms with Gasteiger partial charge < -0.3 is 0 Å². The van der Waals surface area contributed by atoms with Crippen LogP contribution in [0.1, 0.15) is 17.2 Å². The van der Waals surface area contributed by atoms with E-state index in [4.69, 9.17) is 29.0 Å². The maximum Gasteiger partial charge on any atom is 0.0515 e. The van der Waals surface area contributed by atoms with Crippen LogP contribution in [0.4, 0.5) is 0 Å². The van der Waals surface area contributed by atoms with Crippen LogP contribution in [0.3, 0.4) is 0 Å². The number of halogens is 3. The summed E-state index contributed by atoms with van der Waals surface area (Å²) >= 11 is 15.8. The number of nitrogens with two attached hydrogens (primary N) is 1. The Balaban J connectivity index is 2.27. The van der Waals surface area contributed by atoms with Crippen LogP contribution in [0.5, 0.6) is 0 Å². The van der Waals surface area contributed by atoms with Crippen molar-refractivity contribution in [2.24, 2.45) is 5.84 Å². The van der Waals surface area contributed by atoms with E-state index in [1.165, 1.54) is 0 Å². The van der Waals surface area contributed by atoms with Crippen LogP contribution < -0.4 is 11.3 Å². The van der Waals surface area contributed by atoms with E-state index >= 15 is 0 Å². The molecule has 0 heterocycles. The van der Waals surface area contributed by atoms with Gasteiger partial charge in [-0.1, -0.05) is 63.4 Å². The second-order valence-corrected chi connectivity index (χ2v) is 5.91. The second kappa shape index (κ2) is 6.73. The van der Waals surface area contributed by atoms with Gasteiger partial charge in [-0.2, -0.15) is 0 Å². The summed E-state index contributed by atoms with van der Waals surface area (Å²) in [5, 5.41) is 1.40. The molecule has 2 nitrogen and oxygen atoms in total. The number of benzene rings is 2. The number of hydrazine groups is 1. The molecule has 2 aromatic rings. The summed E-state index contributed by atoms with van der Waals surface area (Å²) in [5.41, 5.74) is 4.78. The molecule has 0 radical (unpaired) electrons. The number of rotatable bonds is 4. The summed E-state index contributed by atoms with van der Waals surface area (Å²) in [6.45, 7) is 0. The first kappa shape index (κ1) is 14.8. The van der Waals surface area contributed by atoms with Gasteiger partial charge in [-0.25, -0.2) is 0 Å². The van der Waals surface area contributed by atoms with Gasteiger partial charge in [-0.3, -0.25) is 11.3 Å². The van der Waals surface area contributed by atoms with Crippen LogP contribution in [-0.2, 0) is 6.42 Å². The normalized spacial score (nSPS) is 12.4. The Morgan fingerprint density at radius 3 is 2.47 bits per heavy atom. The molecule has 0 saturated heterocycles. The van der Waals surface area contributed by atoms with E-state index in [1.807, 2.05) is 42.5 Å². The smallest absolute Gasteiger partial charge is 0.0515 e. The lowest BCUT2D eigenvalue weighted by molar-refractivity contribution is 0.552. The first-order chi connectivity index (χ1) is 9.11. The highest BCUT2D eigenvalue weighted by Crippen LogP contribution is 2.29. The number of hydrogen-bond acceptors (Lipinski definition) is 2. The minimum Gasteiger partial charge on any atom is -0.271 e. The number of nitrogens with one attached hydrogen (secondary N) is 1. The monoisotopic (exact) mass is 358 g/mol. The molecule has 0 aromatic heterocycles. The Morgan fingerprint density at radius 1 is 1.11 bits per heavy atom. The van der Waals surface area contributed by atoms with E-state index in [-0.39, 0.29) is 6.04 Å². The molecular formula is C14H13BrCl2N2. The fourth-order valence-electron chi connectivity index (χ4n) is 1.92. The van der Waals surface area contributed by atoms with Crippen molar-refractivity contribution in [1.82, 2.24) is 5.43 Å². The quantitative estimate of drug-likeness (QED) is 0.622. The number of hydrogen-bond donors (Lipinski definition) is 2. The van der Waals surface area contributed by atoms with Crippen LogP contribution in [-0.4, -0.2) is 0 Å². The highest BCUT2D eigenvalue weighted by atomic mass is 79.9. The first-order valence-electron chi connectivity index (χ1n) is 5.76. The Kier molecular flexibility index (Phi) is 5.25. The van der Waals surface area contributed by atoms with Gasteiger partial charge in [0, 0.05) is 14.5 Å². The maximum absolute atomic E-state index is 6.23. The summed E-state index contributed by atoms with van der Waals surface area (Å²) in [4.78, 5) is 0. The van der Waals surface area contributed by atoms with Crippen molar-refractivity contribution in [2.75, 3.05) is 0 Å². The summed E-state index contributed by atoms with van der Waals surface area (Å²) in [7, 11) is 0. The van der Waals surface area contributed by atoms with Crippen molar-refractivity contribution >= 4 is 39.1 Å². The van der Waals surface area contributed by atoms with Crippen LogP contribution in [0.2, 0.25) is 10.0 Å². The van der Waals surface area contributed by atoms with E-state index in [0.717, 1.165) is 15.6 Å². The first-order valence-corrected chi connectivity index (χ1v) is 7.31. The van der Waals surface area contributed by atoms with Crippen molar-refractivity contribution in [2.45, 2.75) is 12.5 Å². The van der Waals surface area contributed by atoms with Crippen LogP contribution in [0, 0.1) is 0 Å². The fraction of sp³-hybridized carbons (Fsp3) is 0.143. The molecule has 19 heavy (non-hydrogen) atoms. The predicted octanol–water partition coefficient (Wildman–Crippen LogP) is 4.50. The predicted molar refractivity (Wildman–Crippen MR) is 84.4 cm³/mol. The molecular weight excluding hydrogens is 347 g/mol. The van der Waals surface area contributed by atoms with Gasteiger partial charge in [-0.15, -0.1) is 0 Å². The van der Waals surface area contributed by atoms with Gasteiger partial charge in [0.1, 0.15) is 0 Å². The molecule has 2 rings (SSSR count). The molecule has 2 aromatic carbocycles. The zero-order chi connectivity index (χ0) is 13.8. The lowest BCUT2D eigenvalue weighted by atomic mass is 9.99. The van der Waals surface area contributed by atoms with Gasteiger partial charge in [-0.05, 0) is 35.7 Å². The van der Waals surface area contributed by atoms with Gasteiger partial charge in [0.25, 0.3) is 0 Å². The zero-order valence-electron chi connectivity index (χ0n) is 10.0. The topological polar surface area (TPSA) is 38.0 Å². The molecule has 0 saturated carbocycles. The van der Waals surface area contributed by atoms with Crippen LogP contribution in [0.15, 0.2) is 46.9 Å². The molecule has 0 amide bonds. The SMILES string of the molecule is NNC(Cc1ccc(Br)cc1Cl)c1ccccc1Cl. The summed E-state index contributed by atoms with van der Waals surface area (Å²) in [6.07, 6.45) is 0.673. The average Bonchev–Trinajstić information content (AvgIpc) is 2.39. The molecule has 5 heteroatoms. The van der Waals surface area contributed by atoms with E-state index in [2.05, 4.69) is 21.4 Å². The highest BCUT2D eigenvalue weighted by Gasteiger charge is 2.15. The average molecular weight is 360 g/mol. The molecule has 0 aliphatic rings. The molecule has 1 unspecified atom stereocenters. The zero-order valence-corrected chi connectivity index (χ0v) is 13.1. The molecule has 0 aliphatic heterocycles. The fourth-order valence-corrected chi connectivity index (χ4v) is 2.94. The van der Waals surface area contributed by atoms with Crippen LogP contribution in [0.25, 0.3) is 0 Å². The van der Waals surface area contributed by atoms with E-state index in [0.29, 0.717) is 16.5 Å². The molecule has 3 N–H and O–H groups in total. The maximum atomic E-state index is 6.23. The van der Waals surface area contributed by atoms with Crippen molar-refractivity contribution in [1.29, 1.82) is 0 Å². The molecule has 1 atom stereocenters. The van der Waals surface area contributed by atoms with Gasteiger partial charge >= 0.3 is 0 Å². The van der Waals surface area contributed by atoms with E-state index in [1.54, 1.807) is 0 Å². The minimum absolute atomic E-state index is 0.0765. The van der Waals surface area contributed by atoms with Gasteiger partial charge in [0.15, 0.2) is 0 Å². The lowest BCUT2D eigenvalue weighted by Crippen LogP contribution is -2.29. The second-order valence-electron chi connectivity index (χ2n) is 4.18. The lowest BCUT2D eigenvalue weighted by Gasteiger charge is -2.18. The Hall–Kier alpha value is -0.580. The Labute approximate surface area is 131 Å². The largest absolute Gasteiger partial charge is 0.271 e. The van der Waals surface area contributed by atoms with Crippen molar-refractivity contribution < 1.29 is 0 Å². The summed E-state index contributed by atoms with van der Waals surface area (Å²) < 4.78 is 0.955. The van der Waals surface area contributed by atoms with Crippen molar-refractivity contribution in [3.8, 4) is 0 Å². The molecule has 0 spiro atoms. The van der Waals surface area contributed by atoms with Gasteiger partial charge in [0.05, 0.1) is 6.04 Å². The standard InChI is InChI=1S/C14H13BrCl2N2/c15-10-6-5-9(13(17)8-10)7-14(19-18)11-3-1-2-4-12(11)16/h1-6,8,14,19H,7,18H2. The highest BCUT2D eigenvalue weighted by molar-refractivity contribution is 9.10. The van der Waals surface area contributed by atoms with E-state index in [9.17, 15) is 0 Å². The Bertz CT molecular complexity index is 575. The Morgan fingerprint density at radius 2 is 1.84 bits per heavy atom. The van der Waals surface area contributed by atoms with Crippen LogP contribution >= 0.6 is 39.1 Å². The molecule has 100 valence electrons. The minimum atomic E-state index is -0.0765. The third-order valence-corrected chi connectivity index (χ3v) is 4.11. The summed E-state index contributed by atoms with van der Waals surface area (Å²) in [5.74, 6) is 5.64. The summed E-state index contributed by atoms with van der Waals surface area (Å²) in [6, 6.07) is 13.4. The van der Waals surface area contributed by atoms with Gasteiger partial charge in [0.2, 0.25) is 0 Å². The van der Waals surface area contributed by atoms with Crippen molar-refractivity contribution in [3.05, 3.63) is 68.1 Å². The third-order valence-electron chi connectivity index (χ3n) is 2.92.